The average molecular weight is 328 g/mol. The van der Waals surface area contributed by atoms with Gasteiger partial charge in [0.1, 0.15) is 10.9 Å². The van der Waals surface area contributed by atoms with Crippen molar-refractivity contribution in [3.8, 4) is 0 Å². The topological polar surface area (TPSA) is 104 Å². The van der Waals surface area contributed by atoms with Crippen LogP contribution in [0.5, 0.6) is 0 Å². The standard InChI is InChI=1S/C10H11Cl2NO5S/c1-5(14)8(10(15)16)13-19(17,18)9-6(11)3-2-4-7(9)12/h2-5,8,13-14H,1H3,(H,15,16). The number of hydrogen-bond acceptors (Lipinski definition) is 4. The molecule has 9 heteroatoms. The number of aliphatic hydroxyl groups is 1. The normalized spacial score (nSPS) is 14.9. The minimum atomic E-state index is -4.27. The predicted octanol–water partition coefficient (Wildman–Crippen LogP) is 1.11. The summed E-state index contributed by atoms with van der Waals surface area (Å²) >= 11 is 11.5. The fraction of sp³-hybridized carbons (Fsp3) is 0.300. The highest BCUT2D eigenvalue weighted by Crippen LogP contribution is 2.29. The van der Waals surface area contributed by atoms with Crippen LogP contribution in [0.25, 0.3) is 0 Å². The first kappa shape index (κ1) is 16.2. The summed E-state index contributed by atoms with van der Waals surface area (Å²) in [6.45, 7) is 1.15. The molecule has 2 atom stereocenters. The van der Waals surface area contributed by atoms with Crippen molar-refractivity contribution in [3.63, 3.8) is 0 Å². The van der Waals surface area contributed by atoms with E-state index in [4.69, 9.17) is 28.3 Å². The maximum atomic E-state index is 12.0. The van der Waals surface area contributed by atoms with Crippen LogP contribution in [0.15, 0.2) is 23.1 Å². The van der Waals surface area contributed by atoms with Crippen molar-refractivity contribution in [1.29, 1.82) is 0 Å². The largest absolute Gasteiger partial charge is 0.480 e. The molecular weight excluding hydrogens is 317 g/mol. The third kappa shape index (κ3) is 3.80. The summed E-state index contributed by atoms with van der Waals surface area (Å²) in [5, 5.41) is 17.8. The minimum absolute atomic E-state index is 0.144. The molecule has 0 saturated carbocycles. The Labute approximate surface area is 120 Å². The van der Waals surface area contributed by atoms with Gasteiger partial charge in [0.25, 0.3) is 0 Å². The van der Waals surface area contributed by atoms with Crippen LogP contribution in [0, 0.1) is 0 Å². The van der Waals surface area contributed by atoms with Crippen LogP contribution >= 0.6 is 23.2 Å². The van der Waals surface area contributed by atoms with Crippen molar-refractivity contribution in [2.45, 2.75) is 24.0 Å². The molecule has 1 aromatic rings. The van der Waals surface area contributed by atoms with Gasteiger partial charge in [-0.25, -0.2) is 8.42 Å². The Morgan fingerprint density at radius 3 is 2.16 bits per heavy atom. The molecule has 0 amide bonds. The first-order valence-electron chi connectivity index (χ1n) is 5.04. The molecule has 3 N–H and O–H groups in total. The number of halogens is 2. The first-order chi connectivity index (χ1) is 8.66. The summed E-state index contributed by atoms with van der Waals surface area (Å²) in [6.07, 6.45) is -1.42. The van der Waals surface area contributed by atoms with Gasteiger partial charge >= 0.3 is 5.97 Å². The number of rotatable bonds is 5. The third-order valence-electron chi connectivity index (χ3n) is 2.22. The molecule has 0 radical (unpaired) electrons. The quantitative estimate of drug-likeness (QED) is 0.751. The smallest absolute Gasteiger partial charge is 0.324 e. The highest BCUT2D eigenvalue weighted by Gasteiger charge is 2.31. The monoisotopic (exact) mass is 327 g/mol. The van der Waals surface area contributed by atoms with E-state index >= 15 is 0 Å². The third-order valence-corrected chi connectivity index (χ3v) is 4.61. The molecule has 0 aliphatic carbocycles. The summed E-state index contributed by atoms with van der Waals surface area (Å²) in [4.78, 5) is 10.4. The van der Waals surface area contributed by atoms with Crippen LogP contribution < -0.4 is 4.72 Å². The molecule has 0 aromatic heterocycles. The molecule has 0 bridgehead atoms. The Morgan fingerprint density at radius 2 is 1.79 bits per heavy atom. The summed E-state index contributed by atoms with van der Waals surface area (Å²) in [5.41, 5.74) is 0. The van der Waals surface area contributed by atoms with E-state index in [0.29, 0.717) is 0 Å². The summed E-state index contributed by atoms with van der Waals surface area (Å²) in [5.74, 6) is -1.51. The number of benzene rings is 1. The molecule has 0 saturated heterocycles. The lowest BCUT2D eigenvalue weighted by Gasteiger charge is -2.18. The number of aliphatic carboxylic acids is 1. The molecule has 19 heavy (non-hydrogen) atoms. The zero-order valence-corrected chi connectivity index (χ0v) is 12.0. The van der Waals surface area contributed by atoms with Crippen molar-refractivity contribution in [1.82, 2.24) is 4.72 Å². The second-order valence-electron chi connectivity index (χ2n) is 3.73. The average Bonchev–Trinajstić information content (AvgIpc) is 2.24. The number of sulfonamides is 1. The van der Waals surface area contributed by atoms with Crippen LogP contribution in [-0.4, -0.2) is 36.7 Å². The van der Waals surface area contributed by atoms with Gasteiger partial charge < -0.3 is 10.2 Å². The highest BCUT2D eigenvalue weighted by molar-refractivity contribution is 7.89. The van der Waals surface area contributed by atoms with Crippen molar-refractivity contribution >= 4 is 39.2 Å². The predicted molar refractivity (Wildman–Crippen MR) is 69.9 cm³/mol. The summed E-state index contributed by atoms with van der Waals surface area (Å²) in [6, 6.07) is 2.37. The Hall–Kier alpha value is -0.860. The molecule has 6 nitrogen and oxygen atoms in total. The van der Waals surface area contributed by atoms with Gasteiger partial charge in [0.05, 0.1) is 16.1 Å². The van der Waals surface area contributed by atoms with Crippen molar-refractivity contribution in [2.75, 3.05) is 0 Å². The lowest BCUT2D eigenvalue weighted by Crippen LogP contribution is -2.47. The molecule has 0 aliphatic rings. The molecule has 2 unspecified atom stereocenters. The molecule has 0 fully saturated rings. The maximum absolute atomic E-state index is 12.0. The van der Waals surface area contributed by atoms with Gasteiger partial charge in [0, 0.05) is 0 Å². The zero-order valence-electron chi connectivity index (χ0n) is 9.67. The van der Waals surface area contributed by atoms with E-state index in [0.717, 1.165) is 6.92 Å². The van der Waals surface area contributed by atoms with Gasteiger partial charge in [-0.3, -0.25) is 4.79 Å². The Morgan fingerprint density at radius 1 is 1.32 bits per heavy atom. The van der Waals surface area contributed by atoms with Gasteiger partial charge in [-0.1, -0.05) is 29.3 Å². The van der Waals surface area contributed by atoms with Gasteiger partial charge in [0.2, 0.25) is 10.0 Å². The van der Waals surface area contributed by atoms with E-state index in [-0.39, 0.29) is 10.0 Å². The summed E-state index contributed by atoms with van der Waals surface area (Å²) < 4.78 is 25.9. The summed E-state index contributed by atoms with van der Waals surface area (Å²) in [7, 11) is -4.27. The molecule has 0 heterocycles. The van der Waals surface area contributed by atoms with Crippen LogP contribution in [0.2, 0.25) is 10.0 Å². The van der Waals surface area contributed by atoms with E-state index in [1.54, 1.807) is 0 Å². The number of hydrogen-bond donors (Lipinski definition) is 3. The van der Waals surface area contributed by atoms with Crippen molar-refractivity contribution < 1.29 is 23.4 Å². The van der Waals surface area contributed by atoms with E-state index in [1.165, 1.54) is 18.2 Å². The van der Waals surface area contributed by atoms with Crippen LogP contribution in [0.4, 0.5) is 0 Å². The number of carboxylic acids is 1. The second-order valence-corrected chi connectivity index (χ2v) is 6.19. The lowest BCUT2D eigenvalue weighted by molar-refractivity contribution is -0.141. The SMILES string of the molecule is CC(O)C(NS(=O)(=O)c1c(Cl)cccc1Cl)C(=O)O. The van der Waals surface area contributed by atoms with Gasteiger partial charge in [0.15, 0.2) is 0 Å². The molecule has 1 aromatic carbocycles. The maximum Gasteiger partial charge on any atom is 0.324 e. The van der Waals surface area contributed by atoms with Crippen molar-refractivity contribution in [3.05, 3.63) is 28.2 Å². The number of carboxylic acid groups (broad SMARTS) is 1. The molecule has 106 valence electrons. The minimum Gasteiger partial charge on any atom is -0.480 e. The van der Waals surface area contributed by atoms with Crippen LogP contribution in [0.1, 0.15) is 6.92 Å². The number of carbonyl (C=O) groups is 1. The van der Waals surface area contributed by atoms with E-state index < -0.39 is 33.0 Å². The van der Waals surface area contributed by atoms with E-state index in [1.807, 2.05) is 4.72 Å². The number of nitrogens with one attached hydrogen (secondary N) is 1. The zero-order chi connectivity index (χ0) is 14.8. The van der Waals surface area contributed by atoms with E-state index in [9.17, 15) is 18.3 Å². The molecular formula is C10H11Cl2NO5S. The fourth-order valence-electron chi connectivity index (χ4n) is 1.32. The second kappa shape index (κ2) is 6.06. The van der Waals surface area contributed by atoms with Crippen molar-refractivity contribution in [2.24, 2.45) is 0 Å². The highest BCUT2D eigenvalue weighted by atomic mass is 35.5. The Kier molecular flexibility index (Phi) is 5.17. The molecule has 0 aliphatic heterocycles. The molecule has 1 rings (SSSR count). The van der Waals surface area contributed by atoms with E-state index in [2.05, 4.69) is 0 Å². The Bertz CT molecular complexity index is 567. The lowest BCUT2D eigenvalue weighted by atomic mass is 10.2. The van der Waals surface area contributed by atoms with Gasteiger partial charge in [-0.05, 0) is 19.1 Å². The van der Waals surface area contributed by atoms with Gasteiger partial charge in [-0.15, -0.1) is 0 Å². The van der Waals surface area contributed by atoms with Crippen LogP contribution in [-0.2, 0) is 14.8 Å². The van der Waals surface area contributed by atoms with Crippen LogP contribution in [0.3, 0.4) is 0 Å². The van der Waals surface area contributed by atoms with Gasteiger partial charge in [-0.2, -0.15) is 4.72 Å². The fourth-order valence-corrected chi connectivity index (χ4v) is 3.73. The molecule has 0 spiro atoms. The number of aliphatic hydroxyl groups excluding tert-OH is 1. The first-order valence-corrected chi connectivity index (χ1v) is 7.28. The Balaban J connectivity index is 3.22.